The van der Waals surface area contributed by atoms with Gasteiger partial charge in [0.2, 0.25) is 0 Å². The van der Waals surface area contributed by atoms with Gasteiger partial charge in [0.25, 0.3) is 0 Å². The number of carbonyl (C=O) groups excluding carboxylic acids is 1. The van der Waals surface area contributed by atoms with Crippen molar-refractivity contribution in [2.24, 2.45) is 0 Å². The Bertz CT molecular complexity index is 459. The quantitative estimate of drug-likeness (QED) is 0.619. The number of allylic oxidation sites excluding steroid dienone is 1. The first-order valence-corrected chi connectivity index (χ1v) is 6.31. The molecule has 0 heterocycles. The van der Waals surface area contributed by atoms with Crippen LogP contribution in [0.2, 0.25) is 0 Å². The summed E-state index contributed by atoms with van der Waals surface area (Å²) >= 11 is 0. The standard InChI is InChI=1S/C16H22O2/c1-6-7-15(17)12-8-13(10(2)3)16(18)14(9-12)11(4)5/h6,8-11,18H,1,7H2,2-5H3/i1T. The summed E-state index contributed by atoms with van der Waals surface area (Å²) in [4.78, 5) is 12.0. The molecule has 2 heteroatoms. The van der Waals surface area contributed by atoms with Crippen molar-refractivity contribution in [3.63, 3.8) is 0 Å². The largest absolute Gasteiger partial charge is 0.507 e. The molecule has 98 valence electrons. The van der Waals surface area contributed by atoms with Gasteiger partial charge in [-0.25, -0.2) is 0 Å². The van der Waals surface area contributed by atoms with E-state index in [1.54, 1.807) is 12.1 Å². The molecule has 0 aliphatic carbocycles. The lowest BCUT2D eigenvalue weighted by molar-refractivity contribution is 0.0995. The first-order valence-electron chi connectivity index (χ1n) is 6.89. The summed E-state index contributed by atoms with van der Waals surface area (Å²) in [5, 5.41) is 10.3. The zero-order chi connectivity index (χ0) is 14.6. The zero-order valence-electron chi connectivity index (χ0n) is 12.5. The number of benzene rings is 1. The number of hydrogen-bond acceptors (Lipinski definition) is 2. The van der Waals surface area contributed by atoms with Crippen LogP contribution in [0.25, 0.3) is 0 Å². The summed E-state index contributed by atoms with van der Waals surface area (Å²) in [5.74, 6) is 0.610. The van der Waals surface area contributed by atoms with Crippen molar-refractivity contribution >= 4 is 5.78 Å². The number of hydrogen-bond donors (Lipinski definition) is 1. The van der Waals surface area contributed by atoms with Crippen LogP contribution in [0.3, 0.4) is 0 Å². The van der Waals surface area contributed by atoms with E-state index in [0.717, 1.165) is 17.7 Å². The molecule has 1 N–H and O–H groups in total. The normalized spacial score (nSPS) is 12.4. The second-order valence-corrected chi connectivity index (χ2v) is 5.18. The van der Waals surface area contributed by atoms with Gasteiger partial charge >= 0.3 is 0 Å². The molecule has 18 heavy (non-hydrogen) atoms. The second kappa shape index (κ2) is 5.85. The van der Waals surface area contributed by atoms with E-state index in [9.17, 15) is 9.90 Å². The van der Waals surface area contributed by atoms with Crippen LogP contribution < -0.4 is 0 Å². The Morgan fingerprint density at radius 1 is 1.33 bits per heavy atom. The third-order valence-corrected chi connectivity index (χ3v) is 3.04. The minimum absolute atomic E-state index is 0.0210. The first-order chi connectivity index (χ1) is 8.88. The zero-order valence-corrected chi connectivity index (χ0v) is 11.5. The number of carbonyl (C=O) groups is 1. The SMILES string of the molecule is [3H]C=CCC(=O)c1cc(C(C)C)c(O)c(C(C)C)c1. The Hall–Kier alpha value is -1.57. The van der Waals surface area contributed by atoms with Crippen LogP contribution in [-0.2, 0) is 0 Å². The predicted octanol–water partition coefficient (Wildman–Crippen LogP) is 4.40. The summed E-state index contributed by atoms with van der Waals surface area (Å²) < 4.78 is 6.94. The average molecular weight is 248 g/mol. The average Bonchev–Trinajstić information content (AvgIpc) is 2.35. The molecular formula is C16H22O2. The molecule has 0 spiro atoms. The molecule has 1 aromatic rings. The van der Waals surface area contributed by atoms with Crippen molar-refractivity contribution in [2.45, 2.75) is 46.0 Å². The van der Waals surface area contributed by atoms with Crippen molar-refractivity contribution < 1.29 is 11.3 Å². The van der Waals surface area contributed by atoms with Gasteiger partial charge in [-0.3, -0.25) is 4.79 Å². The molecular weight excluding hydrogens is 224 g/mol. The maximum atomic E-state index is 12.0. The van der Waals surface area contributed by atoms with Gasteiger partial charge in [0.15, 0.2) is 5.78 Å². The van der Waals surface area contributed by atoms with Gasteiger partial charge in [-0.1, -0.05) is 33.8 Å². The number of ketones is 1. The third kappa shape index (κ3) is 3.00. The van der Waals surface area contributed by atoms with Crippen LogP contribution in [0.5, 0.6) is 5.75 Å². The number of phenolic OH excluding ortho intramolecular Hbond substituents is 1. The molecule has 2 nitrogen and oxygen atoms in total. The number of aromatic hydroxyl groups is 1. The van der Waals surface area contributed by atoms with Crippen molar-refractivity contribution in [2.75, 3.05) is 0 Å². The molecule has 0 bridgehead atoms. The topological polar surface area (TPSA) is 37.3 Å². The highest BCUT2D eigenvalue weighted by molar-refractivity contribution is 5.97. The van der Waals surface area contributed by atoms with Crippen molar-refractivity contribution in [3.05, 3.63) is 41.5 Å². The van der Waals surface area contributed by atoms with Gasteiger partial charge in [0, 0.05) is 12.0 Å². The second-order valence-electron chi connectivity index (χ2n) is 5.18. The van der Waals surface area contributed by atoms with E-state index in [-0.39, 0.29) is 24.0 Å². The summed E-state index contributed by atoms with van der Waals surface area (Å²) in [6, 6.07) is 3.54. The fourth-order valence-electron chi connectivity index (χ4n) is 1.95. The molecule has 0 saturated heterocycles. The lowest BCUT2D eigenvalue weighted by atomic mass is 9.90. The van der Waals surface area contributed by atoms with E-state index in [2.05, 4.69) is 0 Å². The Labute approximate surface area is 111 Å². The van der Waals surface area contributed by atoms with Crippen LogP contribution in [0.4, 0.5) is 0 Å². The number of rotatable bonds is 5. The molecule has 0 amide bonds. The van der Waals surface area contributed by atoms with Gasteiger partial charge in [0.05, 0.1) is 1.37 Å². The van der Waals surface area contributed by atoms with Gasteiger partial charge in [-0.05, 0) is 35.1 Å². The molecule has 1 aromatic carbocycles. The Kier molecular flexibility index (Phi) is 4.19. The van der Waals surface area contributed by atoms with Gasteiger partial charge < -0.3 is 5.11 Å². The van der Waals surface area contributed by atoms with Gasteiger partial charge in [-0.15, -0.1) is 6.55 Å². The van der Waals surface area contributed by atoms with Gasteiger partial charge in [-0.2, -0.15) is 0 Å². The van der Waals surface area contributed by atoms with Crippen molar-refractivity contribution in [3.8, 4) is 5.75 Å². The van der Waals surface area contributed by atoms with Crippen molar-refractivity contribution in [1.82, 2.24) is 0 Å². The lowest BCUT2D eigenvalue weighted by Gasteiger charge is -2.17. The van der Waals surface area contributed by atoms with E-state index in [0.29, 0.717) is 11.3 Å². The summed E-state index contributed by atoms with van der Waals surface area (Å²) in [6.45, 7) is 9.12. The fraction of sp³-hybridized carbons (Fsp3) is 0.438. The van der Waals surface area contributed by atoms with Crippen LogP contribution in [0.1, 0.15) is 68.8 Å². The summed E-state index contributed by atoms with van der Waals surface area (Å²) in [6.07, 6.45) is 1.75. The van der Waals surface area contributed by atoms with Crippen LogP contribution in [-0.4, -0.2) is 10.9 Å². The highest BCUT2D eigenvalue weighted by Crippen LogP contribution is 2.35. The summed E-state index contributed by atoms with van der Waals surface area (Å²) in [7, 11) is 0. The highest BCUT2D eigenvalue weighted by Gasteiger charge is 2.17. The van der Waals surface area contributed by atoms with Crippen molar-refractivity contribution in [1.29, 1.82) is 0 Å². The van der Waals surface area contributed by atoms with Gasteiger partial charge in [0.1, 0.15) is 5.75 Å². The molecule has 0 saturated carbocycles. The minimum atomic E-state index is -0.0210. The molecule has 0 aliphatic rings. The Balaban J connectivity index is 3.30. The maximum absolute atomic E-state index is 12.0. The predicted molar refractivity (Wildman–Crippen MR) is 75.4 cm³/mol. The Morgan fingerprint density at radius 2 is 1.83 bits per heavy atom. The maximum Gasteiger partial charge on any atom is 0.166 e. The monoisotopic (exact) mass is 248 g/mol. The molecule has 0 aliphatic heterocycles. The Morgan fingerprint density at radius 3 is 2.22 bits per heavy atom. The van der Waals surface area contributed by atoms with Crippen LogP contribution in [0, 0.1) is 0 Å². The highest BCUT2D eigenvalue weighted by atomic mass is 16.3. The van der Waals surface area contributed by atoms with E-state index in [1.165, 1.54) is 6.08 Å². The van der Waals surface area contributed by atoms with E-state index < -0.39 is 0 Å². The van der Waals surface area contributed by atoms with E-state index in [1.807, 2.05) is 27.7 Å². The molecule has 0 radical (unpaired) electrons. The third-order valence-electron chi connectivity index (χ3n) is 3.04. The number of Topliss-reactive ketones (excluding diaryl/α,β-unsaturated/α-hetero) is 1. The van der Waals surface area contributed by atoms with E-state index >= 15 is 0 Å². The fourth-order valence-corrected chi connectivity index (χ4v) is 1.95. The molecule has 0 aromatic heterocycles. The molecule has 0 unspecified atom stereocenters. The summed E-state index contributed by atoms with van der Waals surface area (Å²) in [5.41, 5.74) is 2.23. The molecule has 1 rings (SSSR count). The van der Waals surface area contributed by atoms with E-state index in [4.69, 9.17) is 1.37 Å². The molecule has 0 atom stereocenters. The first kappa shape index (κ1) is 12.9. The van der Waals surface area contributed by atoms with Crippen LogP contribution in [0.15, 0.2) is 24.8 Å². The number of phenols is 1. The smallest absolute Gasteiger partial charge is 0.166 e. The molecule has 0 fully saturated rings. The minimum Gasteiger partial charge on any atom is -0.507 e. The van der Waals surface area contributed by atoms with Crippen LogP contribution >= 0.6 is 0 Å². The lowest BCUT2D eigenvalue weighted by Crippen LogP contribution is -2.03.